The normalized spacial score (nSPS) is 23.1. The number of para-hydroxylation sites is 1. The van der Waals surface area contributed by atoms with Crippen LogP contribution in [0.1, 0.15) is 52.5 Å². The third-order valence-corrected chi connectivity index (χ3v) is 10.9. The zero-order valence-electron chi connectivity index (χ0n) is 29.4. The van der Waals surface area contributed by atoms with Crippen molar-refractivity contribution < 1.29 is 14.3 Å². The molecule has 5 heterocycles. The molecule has 2 aromatic carbocycles. The van der Waals surface area contributed by atoms with E-state index in [1.54, 1.807) is 6.33 Å². The van der Waals surface area contributed by atoms with Crippen LogP contribution in [0.25, 0.3) is 22.3 Å². The highest BCUT2D eigenvalue weighted by molar-refractivity contribution is 5.98. The van der Waals surface area contributed by atoms with Crippen LogP contribution in [0.4, 0.5) is 10.6 Å². The van der Waals surface area contributed by atoms with E-state index in [9.17, 15) is 4.79 Å². The first-order valence-electron chi connectivity index (χ1n) is 18.2. The first-order chi connectivity index (χ1) is 24.2. The molecular weight excluding hydrogens is 630 g/mol. The molecule has 12 nitrogen and oxygen atoms in total. The summed E-state index contributed by atoms with van der Waals surface area (Å²) in [6, 6.07) is 19.8. The van der Waals surface area contributed by atoms with E-state index in [2.05, 4.69) is 29.3 Å². The van der Waals surface area contributed by atoms with Gasteiger partial charge in [0.1, 0.15) is 34.9 Å². The van der Waals surface area contributed by atoms with Gasteiger partial charge in [-0.15, -0.1) is 0 Å². The number of ether oxygens (including phenoxy) is 2. The van der Waals surface area contributed by atoms with Gasteiger partial charge in [-0.1, -0.05) is 18.2 Å². The molecule has 3 saturated heterocycles. The van der Waals surface area contributed by atoms with E-state index < -0.39 is 5.60 Å². The Labute approximate surface area is 294 Å². The summed E-state index contributed by atoms with van der Waals surface area (Å²) < 4.78 is 13.6. The monoisotopic (exact) mass is 679 g/mol. The Hall–Kier alpha value is -4.26. The molecular formula is C38H49N9O3. The molecule has 0 unspecified atom stereocenters. The van der Waals surface area contributed by atoms with Crippen LogP contribution in [0.2, 0.25) is 0 Å². The predicted octanol–water partition coefficient (Wildman–Crippen LogP) is 5.27. The molecule has 8 rings (SSSR count). The van der Waals surface area contributed by atoms with Crippen LogP contribution in [0, 0.1) is 0 Å². The van der Waals surface area contributed by atoms with Crippen LogP contribution in [0.15, 0.2) is 60.9 Å². The van der Waals surface area contributed by atoms with Gasteiger partial charge in [-0.2, -0.15) is 5.10 Å². The first kappa shape index (κ1) is 32.9. The van der Waals surface area contributed by atoms with Crippen molar-refractivity contribution in [2.45, 2.75) is 76.2 Å². The number of piperazine rings is 1. The van der Waals surface area contributed by atoms with Crippen LogP contribution >= 0.6 is 0 Å². The average Bonchev–Trinajstić information content (AvgIpc) is 3.46. The standard InChI is InChI=1S/C38H49N9O3/c1-38(2,3)50-37(48)46-23-30(24-46)45-21-29(22-45)44-19-17-43(18-20-44)27-11-13-28(14-12-27)47-36-33(35(39)40-25-41-36)34(42-47)26-9-15-32(16-10-26)49-31-7-5-4-6-8-31/h4-10,15-16,25,27-30H,11-14,17-24H2,1-3H3,(H2,39,40,41). The Morgan fingerprint density at radius 1 is 0.740 bits per heavy atom. The molecule has 2 aromatic heterocycles. The number of nitrogen functional groups attached to an aromatic ring is 1. The highest BCUT2D eigenvalue weighted by Crippen LogP contribution is 2.38. The molecule has 0 radical (unpaired) electrons. The number of aromatic nitrogens is 4. The second kappa shape index (κ2) is 13.5. The van der Waals surface area contributed by atoms with Gasteiger partial charge in [-0.25, -0.2) is 19.4 Å². The molecule has 3 aliphatic heterocycles. The van der Waals surface area contributed by atoms with Gasteiger partial charge < -0.3 is 20.1 Å². The van der Waals surface area contributed by atoms with Gasteiger partial charge in [0, 0.05) is 76.0 Å². The topological polar surface area (TPSA) is 118 Å². The van der Waals surface area contributed by atoms with E-state index in [0.717, 1.165) is 112 Å². The van der Waals surface area contributed by atoms with Crippen LogP contribution < -0.4 is 10.5 Å². The summed E-state index contributed by atoms with van der Waals surface area (Å²) in [6.07, 6.45) is 5.80. The van der Waals surface area contributed by atoms with Gasteiger partial charge in [0.05, 0.1) is 11.4 Å². The number of hydrogen-bond donors (Lipinski definition) is 1. The van der Waals surface area contributed by atoms with E-state index in [1.165, 1.54) is 0 Å². The maximum atomic E-state index is 12.3. The van der Waals surface area contributed by atoms with E-state index in [4.69, 9.17) is 20.3 Å². The Kier molecular flexibility index (Phi) is 8.86. The Morgan fingerprint density at radius 3 is 2.00 bits per heavy atom. The summed E-state index contributed by atoms with van der Waals surface area (Å²) in [7, 11) is 0. The predicted molar refractivity (Wildman–Crippen MR) is 193 cm³/mol. The summed E-state index contributed by atoms with van der Waals surface area (Å²) >= 11 is 0. The number of likely N-dealkylation sites (tertiary alicyclic amines) is 2. The molecule has 1 amide bonds. The lowest BCUT2D eigenvalue weighted by atomic mass is 9.89. The number of nitrogens with zero attached hydrogens (tertiary/aromatic N) is 8. The van der Waals surface area contributed by atoms with Gasteiger partial charge in [0.25, 0.3) is 0 Å². The minimum atomic E-state index is -0.442. The third-order valence-electron chi connectivity index (χ3n) is 10.9. The van der Waals surface area contributed by atoms with E-state index in [1.807, 2.05) is 80.3 Å². The first-order valence-corrected chi connectivity index (χ1v) is 18.2. The smallest absolute Gasteiger partial charge is 0.410 e. The number of rotatable bonds is 7. The number of benzene rings is 2. The molecule has 1 aliphatic carbocycles. The largest absolute Gasteiger partial charge is 0.457 e. The van der Waals surface area contributed by atoms with Crippen molar-refractivity contribution in [3.8, 4) is 22.8 Å². The fraction of sp³-hybridized carbons (Fsp3) is 0.526. The number of anilines is 1. The molecule has 12 heteroatoms. The Balaban J connectivity index is 0.831. The van der Waals surface area contributed by atoms with Crippen molar-refractivity contribution in [1.29, 1.82) is 0 Å². The average molecular weight is 680 g/mol. The molecule has 2 N–H and O–H groups in total. The van der Waals surface area contributed by atoms with Crippen LogP contribution in [0.3, 0.4) is 0 Å². The van der Waals surface area contributed by atoms with Gasteiger partial charge in [0.15, 0.2) is 5.65 Å². The number of amides is 1. The number of hydrogen-bond acceptors (Lipinski definition) is 10. The van der Waals surface area contributed by atoms with Gasteiger partial charge in [-0.3, -0.25) is 14.7 Å². The molecule has 50 heavy (non-hydrogen) atoms. The third kappa shape index (κ3) is 6.76. The van der Waals surface area contributed by atoms with Crippen molar-refractivity contribution >= 4 is 22.9 Å². The number of carbonyl (C=O) groups is 1. The van der Waals surface area contributed by atoms with Gasteiger partial charge in [-0.05, 0) is 82.9 Å². The lowest BCUT2D eigenvalue weighted by Gasteiger charge is -2.55. The van der Waals surface area contributed by atoms with Crippen molar-refractivity contribution in [2.75, 3.05) is 58.1 Å². The SMILES string of the molecule is CC(C)(C)OC(=O)N1CC(N2CC(N3CCN(C4CCC(n5nc(-c6ccc(Oc7ccccc7)cc6)c6c(N)ncnc65)CC4)CC3)C2)C1. The maximum Gasteiger partial charge on any atom is 0.410 e. The summed E-state index contributed by atoms with van der Waals surface area (Å²) in [5.41, 5.74) is 8.59. The van der Waals surface area contributed by atoms with E-state index >= 15 is 0 Å². The fourth-order valence-corrected chi connectivity index (χ4v) is 8.07. The highest BCUT2D eigenvalue weighted by Gasteiger charge is 2.44. The summed E-state index contributed by atoms with van der Waals surface area (Å²) in [5, 5.41) is 5.95. The zero-order valence-corrected chi connectivity index (χ0v) is 29.4. The zero-order chi connectivity index (χ0) is 34.4. The van der Waals surface area contributed by atoms with Crippen LogP contribution in [-0.4, -0.2) is 122 Å². The minimum absolute atomic E-state index is 0.186. The van der Waals surface area contributed by atoms with Gasteiger partial charge in [0.2, 0.25) is 0 Å². The van der Waals surface area contributed by atoms with Crippen molar-refractivity contribution in [3.63, 3.8) is 0 Å². The maximum absolute atomic E-state index is 12.3. The van der Waals surface area contributed by atoms with Crippen molar-refractivity contribution in [2.24, 2.45) is 0 Å². The van der Waals surface area contributed by atoms with Crippen LogP contribution in [0.5, 0.6) is 11.5 Å². The molecule has 0 bridgehead atoms. The summed E-state index contributed by atoms with van der Waals surface area (Å²) in [6.45, 7) is 14.1. The lowest BCUT2D eigenvalue weighted by molar-refractivity contribution is -0.0675. The quantitative estimate of drug-likeness (QED) is 0.277. The molecule has 4 aromatic rings. The molecule has 4 fully saturated rings. The summed E-state index contributed by atoms with van der Waals surface area (Å²) in [5.74, 6) is 2.02. The minimum Gasteiger partial charge on any atom is -0.457 e. The van der Waals surface area contributed by atoms with E-state index in [-0.39, 0.29) is 12.1 Å². The number of nitrogens with two attached hydrogens (primary N) is 1. The fourth-order valence-electron chi connectivity index (χ4n) is 8.07. The molecule has 1 saturated carbocycles. The molecule has 4 aliphatic rings. The number of carbonyl (C=O) groups excluding carboxylic acids is 1. The molecule has 264 valence electrons. The molecule has 0 spiro atoms. The van der Waals surface area contributed by atoms with E-state index in [0.29, 0.717) is 23.9 Å². The number of fused-ring (bicyclic) bond motifs is 1. The second-order valence-electron chi connectivity index (χ2n) is 15.4. The Morgan fingerprint density at radius 2 is 1.34 bits per heavy atom. The lowest BCUT2D eigenvalue weighted by Crippen LogP contribution is -2.71. The highest BCUT2D eigenvalue weighted by atomic mass is 16.6. The summed E-state index contributed by atoms with van der Waals surface area (Å²) in [4.78, 5) is 31.1. The van der Waals surface area contributed by atoms with Crippen molar-refractivity contribution in [1.82, 2.24) is 39.3 Å². The second-order valence-corrected chi connectivity index (χ2v) is 15.4. The Bertz CT molecular complexity index is 1780. The molecule has 0 atom stereocenters. The van der Waals surface area contributed by atoms with Crippen LogP contribution in [-0.2, 0) is 4.74 Å². The van der Waals surface area contributed by atoms with Gasteiger partial charge >= 0.3 is 6.09 Å². The van der Waals surface area contributed by atoms with Crippen molar-refractivity contribution in [3.05, 3.63) is 60.9 Å².